The number of hydrogen-bond donors (Lipinski definition) is 2. The van der Waals surface area contributed by atoms with Gasteiger partial charge in [-0.3, -0.25) is 4.79 Å². The third kappa shape index (κ3) is 3.35. The number of phenolic OH excluding ortho intramolecular Hbond substituents is 1. The lowest BCUT2D eigenvalue weighted by atomic mass is 9.91. The summed E-state index contributed by atoms with van der Waals surface area (Å²) >= 11 is 0. The van der Waals surface area contributed by atoms with E-state index in [9.17, 15) is 15.0 Å². The fourth-order valence-electron chi connectivity index (χ4n) is 1.78. The Morgan fingerprint density at radius 1 is 1.38 bits per heavy atom. The van der Waals surface area contributed by atoms with Crippen LogP contribution < -0.4 is 0 Å². The molecule has 0 aliphatic heterocycles. The molecule has 88 valence electrons. The van der Waals surface area contributed by atoms with E-state index in [1.54, 1.807) is 25.1 Å². The molecule has 3 heteroatoms. The number of carbonyl (C=O) groups excluding carboxylic acids is 1. The summed E-state index contributed by atoms with van der Waals surface area (Å²) in [4.78, 5) is 11.8. The van der Waals surface area contributed by atoms with Gasteiger partial charge in [-0.05, 0) is 25.5 Å². The van der Waals surface area contributed by atoms with Gasteiger partial charge in [-0.1, -0.05) is 25.5 Å². The van der Waals surface area contributed by atoms with Gasteiger partial charge in [-0.25, -0.2) is 0 Å². The zero-order chi connectivity index (χ0) is 12.2. The minimum Gasteiger partial charge on any atom is -0.507 e. The van der Waals surface area contributed by atoms with Gasteiger partial charge in [0.2, 0.25) is 0 Å². The lowest BCUT2D eigenvalue weighted by molar-refractivity contribution is 0.0385. The topological polar surface area (TPSA) is 57.5 Å². The highest BCUT2D eigenvalue weighted by atomic mass is 16.3. The van der Waals surface area contributed by atoms with E-state index < -0.39 is 5.60 Å². The minimum absolute atomic E-state index is 0.0280. The van der Waals surface area contributed by atoms with Crippen LogP contribution in [0.2, 0.25) is 0 Å². The Morgan fingerprint density at radius 3 is 2.56 bits per heavy atom. The van der Waals surface area contributed by atoms with Crippen LogP contribution in [0.25, 0.3) is 0 Å². The molecule has 0 radical (unpaired) electrons. The summed E-state index contributed by atoms with van der Waals surface area (Å²) < 4.78 is 0. The van der Waals surface area contributed by atoms with Gasteiger partial charge in [0.1, 0.15) is 5.75 Å². The summed E-state index contributed by atoms with van der Waals surface area (Å²) in [6.07, 6.45) is 1.44. The van der Waals surface area contributed by atoms with Crippen LogP contribution in [0.4, 0.5) is 0 Å². The molecule has 0 fully saturated rings. The maximum absolute atomic E-state index is 11.8. The number of para-hydroxylation sites is 1. The number of carbonyl (C=O) groups is 1. The number of Topliss-reactive ketones (excluding diaryl/α,β-unsaturated/α-hetero) is 1. The van der Waals surface area contributed by atoms with E-state index in [0.29, 0.717) is 6.42 Å². The fourth-order valence-corrected chi connectivity index (χ4v) is 1.78. The highest BCUT2D eigenvalue weighted by Gasteiger charge is 2.24. The first-order valence-corrected chi connectivity index (χ1v) is 5.50. The third-order valence-electron chi connectivity index (χ3n) is 2.53. The van der Waals surface area contributed by atoms with Crippen molar-refractivity contribution in [3.63, 3.8) is 0 Å². The van der Waals surface area contributed by atoms with Gasteiger partial charge in [0.15, 0.2) is 5.78 Å². The highest BCUT2D eigenvalue weighted by molar-refractivity contribution is 5.99. The number of aliphatic hydroxyl groups is 1. The van der Waals surface area contributed by atoms with Crippen molar-refractivity contribution in [2.45, 2.75) is 38.7 Å². The van der Waals surface area contributed by atoms with Crippen molar-refractivity contribution in [3.05, 3.63) is 29.8 Å². The van der Waals surface area contributed by atoms with Crippen molar-refractivity contribution in [2.75, 3.05) is 0 Å². The van der Waals surface area contributed by atoms with E-state index in [1.165, 1.54) is 6.07 Å². The largest absolute Gasteiger partial charge is 0.507 e. The van der Waals surface area contributed by atoms with Crippen LogP contribution in [0.1, 0.15) is 43.5 Å². The molecular weight excluding hydrogens is 204 g/mol. The lowest BCUT2D eigenvalue weighted by Gasteiger charge is -2.21. The minimum atomic E-state index is -0.992. The summed E-state index contributed by atoms with van der Waals surface area (Å²) in [7, 11) is 0. The van der Waals surface area contributed by atoms with Crippen molar-refractivity contribution in [3.8, 4) is 5.75 Å². The van der Waals surface area contributed by atoms with Crippen LogP contribution in [-0.2, 0) is 0 Å². The second-order valence-electron chi connectivity index (χ2n) is 4.36. The van der Waals surface area contributed by atoms with Crippen molar-refractivity contribution < 1.29 is 15.0 Å². The molecule has 1 atom stereocenters. The zero-order valence-corrected chi connectivity index (χ0v) is 9.73. The van der Waals surface area contributed by atoms with Gasteiger partial charge in [0, 0.05) is 6.42 Å². The molecule has 0 spiro atoms. The van der Waals surface area contributed by atoms with E-state index in [4.69, 9.17) is 0 Å². The molecule has 1 rings (SSSR count). The van der Waals surface area contributed by atoms with Crippen LogP contribution in [0.5, 0.6) is 5.75 Å². The molecule has 0 saturated heterocycles. The van der Waals surface area contributed by atoms with E-state index in [-0.39, 0.29) is 23.5 Å². The maximum atomic E-state index is 11.8. The average molecular weight is 222 g/mol. The molecule has 0 amide bonds. The quantitative estimate of drug-likeness (QED) is 0.752. The molecule has 1 unspecified atom stereocenters. The second kappa shape index (κ2) is 5.12. The zero-order valence-electron chi connectivity index (χ0n) is 9.73. The Labute approximate surface area is 95.7 Å². The van der Waals surface area contributed by atoms with E-state index >= 15 is 0 Å². The SMILES string of the molecule is CCCC(C)(O)CC(=O)c1ccccc1O. The van der Waals surface area contributed by atoms with Crippen LogP contribution in [0, 0.1) is 0 Å². The summed E-state index contributed by atoms with van der Waals surface area (Å²) in [6, 6.07) is 6.40. The fraction of sp³-hybridized carbons (Fsp3) is 0.462. The van der Waals surface area contributed by atoms with E-state index in [1.807, 2.05) is 6.92 Å². The van der Waals surface area contributed by atoms with Gasteiger partial charge in [0.05, 0.1) is 11.2 Å². The summed E-state index contributed by atoms with van der Waals surface area (Å²) in [5, 5.41) is 19.4. The monoisotopic (exact) mass is 222 g/mol. The first kappa shape index (κ1) is 12.7. The normalized spacial score (nSPS) is 14.4. The molecule has 0 bridgehead atoms. The second-order valence-corrected chi connectivity index (χ2v) is 4.36. The predicted octanol–water partition coefficient (Wildman–Crippen LogP) is 2.52. The van der Waals surface area contributed by atoms with Gasteiger partial charge in [0.25, 0.3) is 0 Å². The standard InChI is InChI=1S/C13H18O3/c1-3-8-13(2,16)9-12(15)10-6-4-5-7-11(10)14/h4-7,14,16H,3,8-9H2,1-2H3. The van der Waals surface area contributed by atoms with Gasteiger partial charge in [-0.15, -0.1) is 0 Å². The van der Waals surface area contributed by atoms with Gasteiger partial charge in [-0.2, -0.15) is 0 Å². The van der Waals surface area contributed by atoms with Gasteiger partial charge < -0.3 is 10.2 Å². The lowest BCUT2D eigenvalue weighted by Crippen LogP contribution is -2.27. The van der Waals surface area contributed by atoms with E-state index in [2.05, 4.69) is 0 Å². The van der Waals surface area contributed by atoms with Crippen molar-refractivity contribution in [1.29, 1.82) is 0 Å². The number of rotatable bonds is 5. The van der Waals surface area contributed by atoms with Crippen LogP contribution in [0.3, 0.4) is 0 Å². The first-order valence-electron chi connectivity index (χ1n) is 5.50. The highest BCUT2D eigenvalue weighted by Crippen LogP contribution is 2.23. The smallest absolute Gasteiger partial charge is 0.169 e. The van der Waals surface area contributed by atoms with Crippen molar-refractivity contribution in [2.24, 2.45) is 0 Å². The summed E-state index contributed by atoms with van der Waals surface area (Å²) in [6.45, 7) is 3.60. The van der Waals surface area contributed by atoms with Crippen molar-refractivity contribution >= 4 is 5.78 Å². The Balaban J connectivity index is 2.77. The number of hydrogen-bond acceptors (Lipinski definition) is 3. The van der Waals surface area contributed by atoms with Crippen LogP contribution in [0.15, 0.2) is 24.3 Å². The van der Waals surface area contributed by atoms with Crippen LogP contribution in [-0.4, -0.2) is 21.6 Å². The maximum Gasteiger partial charge on any atom is 0.169 e. The predicted molar refractivity (Wildman–Crippen MR) is 62.6 cm³/mol. The third-order valence-corrected chi connectivity index (χ3v) is 2.53. The molecule has 3 nitrogen and oxygen atoms in total. The van der Waals surface area contributed by atoms with E-state index in [0.717, 1.165) is 6.42 Å². The Bertz CT molecular complexity index is 369. The molecular formula is C13H18O3. The molecule has 2 N–H and O–H groups in total. The summed E-state index contributed by atoms with van der Waals surface area (Å²) in [5.41, 5.74) is -0.715. The molecule has 1 aromatic carbocycles. The molecule has 16 heavy (non-hydrogen) atoms. The molecule has 0 saturated carbocycles. The Kier molecular flexibility index (Phi) is 4.07. The molecule has 0 heterocycles. The average Bonchev–Trinajstić information content (AvgIpc) is 2.17. The molecule has 1 aromatic rings. The van der Waals surface area contributed by atoms with Crippen molar-refractivity contribution in [1.82, 2.24) is 0 Å². The number of phenols is 1. The van der Waals surface area contributed by atoms with Gasteiger partial charge >= 0.3 is 0 Å². The molecule has 0 aliphatic rings. The summed E-state index contributed by atoms with van der Waals surface area (Å²) in [5.74, 6) is -0.253. The Hall–Kier alpha value is -1.35. The Morgan fingerprint density at radius 2 is 2.00 bits per heavy atom. The van der Waals surface area contributed by atoms with Crippen LogP contribution >= 0.6 is 0 Å². The number of aromatic hydroxyl groups is 1. The number of ketones is 1. The molecule has 0 aromatic heterocycles. The molecule has 0 aliphatic carbocycles. The number of benzene rings is 1. The first-order chi connectivity index (χ1) is 7.46.